The molecule has 0 unspecified atom stereocenters. The van der Waals surface area contributed by atoms with Gasteiger partial charge in [0.25, 0.3) is 0 Å². The molecule has 3 aromatic rings. The first-order valence-electron chi connectivity index (χ1n) is 11.7. The van der Waals surface area contributed by atoms with Gasteiger partial charge in [-0.25, -0.2) is 4.98 Å². The third-order valence-electron chi connectivity index (χ3n) is 5.65. The molecule has 0 aliphatic carbocycles. The van der Waals surface area contributed by atoms with Gasteiger partial charge in [0.05, 0.1) is 17.4 Å². The van der Waals surface area contributed by atoms with Crippen molar-refractivity contribution < 1.29 is 32.0 Å². The number of carbonyl (C=O) groups is 2. The minimum atomic E-state index is -4.37. The minimum Gasteiger partial charge on any atom is -0.486 e. The SMILES string of the molecule is CCc1csc([C@H](Cc2ccc(NS(=O)(=O)O)cc2)NC(=O)CCC(=O)c2ccc3c(c2)OCCO3)n1. The molecule has 37 heavy (non-hydrogen) atoms. The number of aryl methyl sites for hydroxylation is 1. The molecule has 0 radical (unpaired) electrons. The van der Waals surface area contributed by atoms with Crippen molar-refractivity contribution in [3.63, 3.8) is 0 Å². The number of nitrogens with zero attached hydrogens (tertiary/aromatic N) is 1. The van der Waals surface area contributed by atoms with Crippen LogP contribution in [0.15, 0.2) is 47.8 Å². The first kappa shape index (κ1) is 26.6. The zero-order chi connectivity index (χ0) is 26.4. The van der Waals surface area contributed by atoms with Crippen molar-refractivity contribution >= 4 is 39.0 Å². The van der Waals surface area contributed by atoms with Crippen LogP contribution in [0.1, 0.15) is 52.4 Å². The molecule has 1 aliphatic rings. The highest BCUT2D eigenvalue weighted by Gasteiger charge is 2.21. The summed E-state index contributed by atoms with van der Waals surface area (Å²) in [4.78, 5) is 30.2. The largest absolute Gasteiger partial charge is 0.486 e. The smallest absolute Gasteiger partial charge is 0.357 e. The van der Waals surface area contributed by atoms with Gasteiger partial charge in [-0.3, -0.25) is 18.9 Å². The summed E-state index contributed by atoms with van der Waals surface area (Å²) in [6.45, 7) is 2.88. The van der Waals surface area contributed by atoms with Gasteiger partial charge in [-0.2, -0.15) is 8.42 Å². The van der Waals surface area contributed by atoms with Crippen LogP contribution in [0, 0.1) is 0 Å². The highest BCUT2D eigenvalue weighted by atomic mass is 32.2. The molecule has 4 rings (SSSR count). The summed E-state index contributed by atoms with van der Waals surface area (Å²) in [7, 11) is -4.37. The number of hydrogen-bond donors (Lipinski definition) is 3. The fourth-order valence-corrected chi connectivity index (χ4v) is 5.18. The van der Waals surface area contributed by atoms with E-state index in [4.69, 9.17) is 14.0 Å². The molecule has 10 nitrogen and oxygen atoms in total. The third-order valence-corrected chi connectivity index (χ3v) is 7.15. The molecule has 1 amide bonds. The average molecular weight is 546 g/mol. The highest BCUT2D eigenvalue weighted by Crippen LogP contribution is 2.31. The monoisotopic (exact) mass is 545 g/mol. The topological polar surface area (TPSA) is 144 Å². The number of ether oxygens (including phenoxy) is 2. The predicted molar refractivity (Wildman–Crippen MR) is 139 cm³/mol. The van der Waals surface area contributed by atoms with E-state index < -0.39 is 16.3 Å². The second kappa shape index (κ2) is 11.7. The van der Waals surface area contributed by atoms with Crippen molar-refractivity contribution in [2.45, 2.75) is 38.6 Å². The number of fused-ring (bicyclic) bond motifs is 1. The molecule has 0 saturated carbocycles. The molecule has 0 spiro atoms. The fourth-order valence-electron chi connectivity index (χ4n) is 3.79. The number of carbonyl (C=O) groups excluding carboxylic acids is 2. The number of nitrogens with one attached hydrogen (secondary N) is 2. The van der Waals surface area contributed by atoms with Crippen LogP contribution in [0.3, 0.4) is 0 Å². The lowest BCUT2D eigenvalue weighted by Crippen LogP contribution is -2.30. The van der Waals surface area contributed by atoms with Gasteiger partial charge in [0.1, 0.15) is 18.2 Å². The van der Waals surface area contributed by atoms with Gasteiger partial charge in [0.15, 0.2) is 17.3 Å². The maximum atomic E-state index is 12.8. The van der Waals surface area contributed by atoms with Crippen LogP contribution in [0.25, 0.3) is 0 Å². The van der Waals surface area contributed by atoms with E-state index in [0.717, 1.165) is 22.7 Å². The zero-order valence-corrected chi connectivity index (χ0v) is 21.7. The number of thiazole rings is 1. The number of benzene rings is 2. The normalized spacial score (nSPS) is 13.6. The Balaban J connectivity index is 1.40. The fraction of sp³-hybridized carbons (Fsp3) is 0.320. The molecule has 3 N–H and O–H groups in total. The molecule has 0 saturated heterocycles. The van der Waals surface area contributed by atoms with Crippen molar-refractivity contribution in [3.05, 3.63) is 69.7 Å². The molecule has 0 fully saturated rings. The van der Waals surface area contributed by atoms with E-state index in [0.29, 0.717) is 36.7 Å². The Kier molecular flexibility index (Phi) is 8.41. The number of aromatic nitrogens is 1. The molecule has 0 bridgehead atoms. The van der Waals surface area contributed by atoms with E-state index in [2.05, 4.69) is 10.3 Å². The second-order valence-electron chi connectivity index (χ2n) is 8.41. The molecule has 1 aromatic heterocycles. The van der Waals surface area contributed by atoms with E-state index in [9.17, 15) is 18.0 Å². The van der Waals surface area contributed by atoms with Crippen LogP contribution in [0.5, 0.6) is 11.5 Å². The Morgan fingerprint density at radius 1 is 1.08 bits per heavy atom. The van der Waals surface area contributed by atoms with Gasteiger partial charge >= 0.3 is 10.3 Å². The molecule has 1 aliphatic heterocycles. The Hall–Kier alpha value is -3.48. The predicted octanol–water partition coefficient (Wildman–Crippen LogP) is 3.75. The summed E-state index contributed by atoms with van der Waals surface area (Å²) in [6.07, 6.45) is 1.21. The Labute approximate surface area is 218 Å². The maximum Gasteiger partial charge on any atom is 0.357 e. The van der Waals surface area contributed by atoms with Crippen LogP contribution < -0.4 is 19.5 Å². The number of Topliss-reactive ketones (excluding diaryl/α,β-unsaturated/α-hetero) is 1. The third kappa shape index (κ3) is 7.51. The van der Waals surface area contributed by atoms with Gasteiger partial charge in [-0.15, -0.1) is 11.3 Å². The Bertz CT molecular complexity index is 1370. The number of rotatable bonds is 11. The number of anilines is 1. The van der Waals surface area contributed by atoms with Crippen LogP contribution in [0.2, 0.25) is 0 Å². The van der Waals surface area contributed by atoms with Gasteiger partial charge in [-0.05, 0) is 48.7 Å². The van der Waals surface area contributed by atoms with Gasteiger partial charge in [0, 0.05) is 23.8 Å². The molecule has 196 valence electrons. The van der Waals surface area contributed by atoms with E-state index in [1.807, 2.05) is 17.0 Å². The van der Waals surface area contributed by atoms with Gasteiger partial charge in [-0.1, -0.05) is 19.1 Å². The number of amides is 1. The first-order chi connectivity index (χ1) is 17.7. The van der Waals surface area contributed by atoms with E-state index in [1.165, 1.54) is 23.5 Å². The van der Waals surface area contributed by atoms with E-state index >= 15 is 0 Å². The Morgan fingerprint density at radius 2 is 1.81 bits per heavy atom. The van der Waals surface area contributed by atoms with Crippen LogP contribution in [-0.2, 0) is 27.9 Å². The standard InChI is InChI=1S/C25H27N3O7S2/c1-2-18-15-36-25(26-18)20(13-16-3-6-19(7-4-16)28-37(31,32)33)27-24(30)10-8-21(29)17-5-9-22-23(14-17)35-12-11-34-22/h3-7,9,14-15,20,28H,2,8,10-13H2,1H3,(H,27,30)(H,31,32,33)/t20-/m0/s1. The average Bonchev–Trinajstić information content (AvgIpc) is 3.36. The van der Waals surface area contributed by atoms with E-state index in [-0.39, 0.29) is 30.2 Å². The lowest BCUT2D eigenvalue weighted by Gasteiger charge is -2.19. The van der Waals surface area contributed by atoms with Crippen LogP contribution in [0.4, 0.5) is 5.69 Å². The summed E-state index contributed by atoms with van der Waals surface area (Å²) in [5.41, 5.74) is 2.42. The van der Waals surface area contributed by atoms with Crippen LogP contribution in [-0.4, -0.2) is 42.9 Å². The molecule has 2 heterocycles. The highest BCUT2D eigenvalue weighted by molar-refractivity contribution is 7.87. The summed E-state index contributed by atoms with van der Waals surface area (Å²) >= 11 is 1.45. The second-order valence-corrected chi connectivity index (χ2v) is 10.5. The summed E-state index contributed by atoms with van der Waals surface area (Å²) in [5, 5.41) is 5.67. The molecule has 1 atom stereocenters. The first-order valence-corrected chi connectivity index (χ1v) is 14.0. The molecule has 2 aromatic carbocycles. The summed E-state index contributed by atoms with van der Waals surface area (Å²) in [6, 6.07) is 11.0. The van der Waals surface area contributed by atoms with E-state index in [1.54, 1.807) is 30.3 Å². The Morgan fingerprint density at radius 3 is 2.49 bits per heavy atom. The quantitative estimate of drug-likeness (QED) is 0.244. The van der Waals surface area contributed by atoms with Crippen molar-refractivity contribution in [3.8, 4) is 11.5 Å². The zero-order valence-electron chi connectivity index (χ0n) is 20.1. The molecule has 12 heteroatoms. The lowest BCUT2D eigenvalue weighted by molar-refractivity contribution is -0.121. The van der Waals surface area contributed by atoms with Crippen LogP contribution >= 0.6 is 11.3 Å². The minimum absolute atomic E-state index is 0.00695. The molecular formula is C25H27N3O7S2. The lowest BCUT2D eigenvalue weighted by atomic mass is 10.0. The van der Waals surface area contributed by atoms with Gasteiger partial charge < -0.3 is 14.8 Å². The number of hydrogen-bond acceptors (Lipinski definition) is 8. The summed E-state index contributed by atoms with van der Waals surface area (Å²) in [5.74, 6) is 0.664. The maximum absolute atomic E-state index is 12.8. The van der Waals surface area contributed by atoms with Crippen molar-refractivity contribution in [2.24, 2.45) is 0 Å². The van der Waals surface area contributed by atoms with Crippen molar-refractivity contribution in [1.29, 1.82) is 0 Å². The van der Waals surface area contributed by atoms with Crippen molar-refractivity contribution in [2.75, 3.05) is 17.9 Å². The van der Waals surface area contributed by atoms with Gasteiger partial charge in [0.2, 0.25) is 5.91 Å². The molecular weight excluding hydrogens is 518 g/mol. The van der Waals surface area contributed by atoms with Crippen molar-refractivity contribution in [1.82, 2.24) is 10.3 Å². The summed E-state index contributed by atoms with van der Waals surface area (Å²) < 4.78 is 44.0. The number of ketones is 1.